The first-order chi connectivity index (χ1) is 9.93. The number of aryl methyl sites for hydroxylation is 1. The summed E-state index contributed by atoms with van der Waals surface area (Å²) in [6.45, 7) is 1.86. The highest BCUT2D eigenvalue weighted by molar-refractivity contribution is 7.99. The van der Waals surface area contributed by atoms with Crippen LogP contribution >= 0.6 is 23.4 Å². The van der Waals surface area contributed by atoms with Crippen molar-refractivity contribution in [2.75, 3.05) is 12.8 Å². The highest BCUT2D eigenvalue weighted by Crippen LogP contribution is 2.43. The Balaban J connectivity index is 2.49. The zero-order chi connectivity index (χ0) is 15.6. The molecule has 0 fully saturated rings. The molecule has 0 aliphatic carbocycles. The second-order valence-corrected chi connectivity index (χ2v) is 5.76. The monoisotopic (exact) mass is 324 g/mol. The molecule has 0 aliphatic heterocycles. The number of methoxy groups -OCH3 is 1. The number of nitrogens with zero attached hydrogens (tertiary/aromatic N) is 1. The molecule has 21 heavy (non-hydrogen) atoms. The summed E-state index contributed by atoms with van der Waals surface area (Å²) in [4.78, 5) is 11.8. The van der Waals surface area contributed by atoms with Crippen LogP contribution in [-0.2, 0) is 0 Å². The summed E-state index contributed by atoms with van der Waals surface area (Å²) in [5, 5.41) is 11.7. The predicted octanol–water partition coefficient (Wildman–Crippen LogP) is 4.30. The number of nitro groups is 1. The molecule has 0 unspecified atom stereocenters. The summed E-state index contributed by atoms with van der Waals surface area (Å²) in [6.07, 6.45) is 0. The molecule has 2 N–H and O–H groups in total. The molecular weight excluding hydrogens is 312 g/mol. The Kier molecular flexibility index (Phi) is 4.59. The molecule has 2 aromatic carbocycles. The molecule has 0 saturated carbocycles. The average Bonchev–Trinajstić information content (AvgIpc) is 2.47. The fourth-order valence-corrected chi connectivity index (χ4v) is 3.05. The molecule has 0 aromatic heterocycles. The van der Waals surface area contributed by atoms with E-state index in [2.05, 4.69) is 0 Å². The number of hydrogen-bond donors (Lipinski definition) is 1. The van der Waals surface area contributed by atoms with Crippen LogP contribution in [0.1, 0.15) is 5.56 Å². The van der Waals surface area contributed by atoms with E-state index in [-0.39, 0.29) is 5.69 Å². The third-order valence-corrected chi connectivity index (χ3v) is 4.58. The van der Waals surface area contributed by atoms with Crippen LogP contribution in [0.15, 0.2) is 40.1 Å². The van der Waals surface area contributed by atoms with Crippen molar-refractivity contribution in [3.63, 3.8) is 0 Å². The van der Waals surface area contributed by atoms with Crippen molar-refractivity contribution in [2.45, 2.75) is 16.7 Å². The van der Waals surface area contributed by atoms with Gasteiger partial charge in [-0.15, -0.1) is 0 Å². The Morgan fingerprint density at radius 2 is 2.05 bits per heavy atom. The average molecular weight is 325 g/mol. The molecule has 0 spiro atoms. The lowest BCUT2D eigenvalue weighted by Crippen LogP contribution is -1.96. The van der Waals surface area contributed by atoms with E-state index in [9.17, 15) is 10.1 Å². The standard InChI is InChI=1S/C14H13ClN2O3S/c1-8-3-5-10(15)14(13(8)16)21-12-6-4-9(20-2)7-11(12)17(18)19/h3-7H,16H2,1-2H3. The fraction of sp³-hybridized carbons (Fsp3) is 0.143. The van der Waals surface area contributed by atoms with Crippen LogP contribution in [0.25, 0.3) is 0 Å². The summed E-state index contributed by atoms with van der Waals surface area (Å²) in [7, 11) is 1.46. The van der Waals surface area contributed by atoms with Crippen LogP contribution in [0.4, 0.5) is 11.4 Å². The van der Waals surface area contributed by atoms with Gasteiger partial charge in [-0.2, -0.15) is 0 Å². The molecule has 0 saturated heterocycles. The number of nitrogen functional groups attached to an aromatic ring is 1. The molecule has 5 nitrogen and oxygen atoms in total. The van der Waals surface area contributed by atoms with Crippen molar-refractivity contribution in [3.8, 4) is 5.75 Å². The van der Waals surface area contributed by atoms with Crippen LogP contribution in [0.2, 0.25) is 5.02 Å². The zero-order valence-electron chi connectivity index (χ0n) is 11.4. The Labute approximate surface area is 131 Å². The second-order valence-electron chi connectivity index (χ2n) is 4.30. The minimum Gasteiger partial charge on any atom is -0.497 e. The lowest BCUT2D eigenvalue weighted by atomic mass is 10.2. The number of ether oxygens (including phenoxy) is 1. The van der Waals surface area contributed by atoms with Gasteiger partial charge >= 0.3 is 0 Å². The molecule has 0 amide bonds. The van der Waals surface area contributed by atoms with E-state index >= 15 is 0 Å². The van der Waals surface area contributed by atoms with Crippen LogP contribution in [0.3, 0.4) is 0 Å². The van der Waals surface area contributed by atoms with Gasteiger partial charge in [0.05, 0.1) is 38.6 Å². The van der Waals surface area contributed by atoms with Gasteiger partial charge in [0.2, 0.25) is 0 Å². The Morgan fingerprint density at radius 3 is 2.67 bits per heavy atom. The van der Waals surface area contributed by atoms with Crippen molar-refractivity contribution in [1.82, 2.24) is 0 Å². The molecule has 0 bridgehead atoms. The first-order valence-corrected chi connectivity index (χ1v) is 7.18. The van der Waals surface area contributed by atoms with Crippen molar-refractivity contribution in [3.05, 3.63) is 51.0 Å². The van der Waals surface area contributed by atoms with E-state index in [0.717, 1.165) is 5.56 Å². The van der Waals surface area contributed by atoms with Gasteiger partial charge in [0.1, 0.15) is 5.75 Å². The normalized spacial score (nSPS) is 10.4. The minimum atomic E-state index is -0.454. The number of hydrogen-bond acceptors (Lipinski definition) is 5. The van der Waals surface area contributed by atoms with Gasteiger partial charge in [-0.05, 0) is 30.7 Å². The van der Waals surface area contributed by atoms with Gasteiger partial charge in [-0.3, -0.25) is 10.1 Å². The number of benzene rings is 2. The van der Waals surface area contributed by atoms with Gasteiger partial charge in [0.15, 0.2) is 0 Å². The van der Waals surface area contributed by atoms with Crippen molar-refractivity contribution < 1.29 is 9.66 Å². The van der Waals surface area contributed by atoms with E-state index in [1.165, 1.54) is 24.9 Å². The smallest absolute Gasteiger partial charge is 0.286 e. The van der Waals surface area contributed by atoms with E-state index in [1.807, 2.05) is 13.0 Å². The maximum Gasteiger partial charge on any atom is 0.286 e. The summed E-state index contributed by atoms with van der Waals surface area (Å²) >= 11 is 7.32. The Morgan fingerprint density at radius 1 is 1.33 bits per heavy atom. The number of anilines is 1. The topological polar surface area (TPSA) is 78.4 Å². The maximum atomic E-state index is 11.2. The summed E-state index contributed by atoms with van der Waals surface area (Å²) in [6, 6.07) is 8.20. The Bertz CT molecular complexity index is 707. The minimum absolute atomic E-state index is 0.0451. The highest BCUT2D eigenvalue weighted by Gasteiger charge is 2.19. The van der Waals surface area contributed by atoms with E-state index in [4.69, 9.17) is 22.1 Å². The van der Waals surface area contributed by atoms with Gasteiger partial charge in [-0.1, -0.05) is 29.4 Å². The predicted molar refractivity (Wildman–Crippen MR) is 84.4 cm³/mol. The van der Waals surface area contributed by atoms with Gasteiger partial charge in [0, 0.05) is 0 Å². The van der Waals surface area contributed by atoms with Gasteiger partial charge in [-0.25, -0.2) is 0 Å². The highest BCUT2D eigenvalue weighted by atomic mass is 35.5. The molecule has 0 heterocycles. The third-order valence-electron chi connectivity index (χ3n) is 2.94. The number of halogens is 1. The first-order valence-electron chi connectivity index (χ1n) is 5.99. The second kappa shape index (κ2) is 6.24. The summed E-state index contributed by atoms with van der Waals surface area (Å²) in [5.41, 5.74) is 7.37. The summed E-state index contributed by atoms with van der Waals surface area (Å²) in [5.74, 6) is 0.425. The van der Waals surface area contributed by atoms with Crippen LogP contribution in [0, 0.1) is 17.0 Å². The summed E-state index contributed by atoms with van der Waals surface area (Å²) < 4.78 is 5.01. The lowest BCUT2D eigenvalue weighted by Gasteiger charge is -2.11. The number of nitro benzene ring substituents is 1. The van der Waals surface area contributed by atoms with Gasteiger partial charge in [0.25, 0.3) is 5.69 Å². The molecule has 7 heteroatoms. The molecule has 2 aromatic rings. The lowest BCUT2D eigenvalue weighted by molar-refractivity contribution is -0.387. The number of rotatable bonds is 4. The van der Waals surface area contributed by atoms with Crippen molar-refractivity contribution in [1.29, 1.82) is 0 Å². The van der Waals surface area contributed by atoms with Crippen LogP contribution in [-0.4, -0.2) is 12.0 Å². The van der Waals surface area contributed by atoms with E-state index in [0.29, 0.717) is 26.3 Å². The molecular formula is C14H13ClN2O3S. The van der Waals surface area contributed by atoms with Crippen molar-refractivity contribution >= 4 is 34.7 Å². The quantitative estimate of drug-likeness (QED) is 0.515. The van der Waals surface area contributed by atoms with E-state index < -0.39 is 4.92 Å². The fourth-order valence-electron chi connectivity index (χ4n) is 1.74. The Hall–Kier alpha value is -1.92. The van der Waals surface area contributed by atoms with Crippen LogP contribution < -0.4 is 10.5 Å². The zero-order valence-corrected chi connectivity index (χ0v) is 13.0. The third kappa shape index (κ3) is 3.22. The van der Waals surface area contributed by atoms with Crippen LogP contribution in [0.5, 0.6) is 5.75 Å². The largest absolute Gasteiger partial charge is 0.497 e. The number of nitrogens with two attached hydrogens (primary N) is 1. The van der Waals surface area contributed by atoms with Crippen molar-refractivity contribution in [2.24, 2.45) is 0 Å². The van der Waals surface area contributed by atoms with E-state index in [1.54, 1.807) is 18.2 Å². The maximum absolute atomic E-state index is 11.2. The SMILES string of the molecule is COc1ccc(Sc2c(Cl)ccc(C)c2N)c([N+](=O)[O-])c1. The molecule has 0 radical (unpaired) electrons. The molecule has 2 rings (SSSR count). The first kappa shape index (κ1) is 15.5. The molecule has 110 valence electrons. The van der Waals surface area contributed by atoms with Gasteiger partial charge < -0.3 is 10.5 Å². The molecule has 0 aliphatic rings. The molecule has 0 atom stereocenters.